The minimum absolute atomic E-state index is 0.354. The molecule has 0 amide bonds. The average Bonchev–Trinajstić information content (AvgIpc) is 3.48. The van der Waals surface area contributed by atoms with Crippen LogP contribution >= 0.6 is 0 Å². The molecule has 4 rings (SSSR count). The van der Waals surface area contributed by atoms with Crippen molar-refractivity contribution >= 4 is 0 Å². The summed E-state index contributed by atoms with van der Waals surface area (Å²) in [5.74, 6) is 2.87. The molecule has 7 nitrogen and oxygen atoms in total. The first-order chi connectivity index (χ1) is 15.2. The molecule has 2 aromatic heterocycles. The number of nitrogens with one attached hydrogen (secondary N) is 1. The fourth-order valence-corrected chi connectivity index (χ4v) is 3.50. The summed E-state index contributed by atoms with van der Waals surface area (Å²) in [6.45, 7) is 8.98. The lowest BCUT2D eigenvalue weighted by Gasteiger charge is -2.08. The van der Waals surface area contributed by atoms with Gasteiger partial charge in [-0.15, -0.1) is 16.8 Å². The van der Waals surface area contributed by atoms with Gasteiger partial charge < -0.3 is 0 Å². The smallest absolute Gasteiger partial charge is 0.205 e. The molecule has 158 valence electrons. The topological polar surface area (TPSA) is 85.2 Å². The standard InChI is InChI=1S/C24H27N7/c1-4-6-15-31-22(25-23(28-31)17(3)5-2)16-18-11-13-19(14-12-18)20-9-7-8-10-21(20)24-26-29-30-27-24/h4,7-14,17H,1,5-6,15-16H2,2-3H3,(H,26,27,29,30). The molecule has 2 heterocycles. The molecule has 0 aliphatic carbocycles. The van der Waals surface area contributed by atoms with E-state index in [1.165, 1.54) is 5.56 Å². The number of rotatable bonds is 9. The molecule has 1 atom stereocenters. The van der Waals surface area contributed by atoms with Crippen molar-refractivity contribution in [2.24, 2.45) is 0 Å². The lowest BCUT2D eigenvalue weighted by molar-refractivity contribution is 0.577. The van der Waals surface area contributed by atoms with E-state index in [4.69, 9.17) is 10.1 Å². The molecule has 7 heteroatoms. The predicted molar refractivity (Wildman–Crippen MR) is 121 cm³/mol. The van der Waals surface area contributed by atoms with Crippen LogP contribution in [0, 0.1) is 0 Å². The maximum Gasteiger partial charge on any atom is 0.205 e. The van der Waals surface area contributed by atoms with Gasteiger partial charge in [-0.25, -0.2) is 9.67 Å². The minimum atomic E-state index is 0.354. The van der Waals surface area contributed by atoms with Gasteiger partial charge in [-0.2, -0.15) is 10.3 Å². The van der Waals surface area contributed by atoms with Gasteiger partial charge >= 0.3 is 0 Å². The SMILES string of the molecule is C=CCCn1nc(C(C)CC)nc1Cc1ccc(-c2ccccc2-c2nn[nH]n2)cc1. The summed E-state index contributed by atoms with van der Waals surface area (Å²) < 4.78 is 2.03. The van der Waals surface area contributed by atoms with E-state index in [0.29, 0.717) is 11.7 Å². The van der Waals surface area contributed by atoms with Crippen LogP contribution < -0.4 is 0 Å². The average molecular weight is 414 g/mol. The van der Waals surface area contributed by atoms with Crippen LogP contribution in [0.2, 0.25) is 0 Å². The van der Waals surface area contributed by atoms with Gasteiger partial charge in [0.25, 0.3) is 0 Å². The largest absolute Gasteiger partial charge is 0.249 e. The van der Waals surface area contributed by atoms with Crippen molar-refractivity contribution in [1.82, 2.24) is 35.4 Å². The van der Waals surface area contributed by atoms with Gasteiger partial charge in [-0.3, -0.25) is 0 Å². The summed E-state index contributed by atoms with van der Waals surface area (Å²) in [5, 5.41) is 19.2. The molecule has 0 aliphatic heterocycles. The van der Waals surface area contributed by atoms with Crippen LogP contribution in [0.15, 0.2) is 61.2 Å². The number of aromatic nitrogens is 7. The monoisotopic (exact) mass is 413 g/mol. The van der Waals surface area contributed by atoms with E-state index in [2.05, 4.69) is 71.4 Å². The highest BCUT2D eigenvalue weighted by molar-refractivity contribution is 5.80. The van der Waals surface area contributed by atoms with Gasteiger partial charge in [-0.1, -0.05) is 68.5 Å². The van der Waals surface area contributed by atoms with Gasteiger partial charge in [0.2, 0.25) is 5.82 Å². The second kappa shape index (κ2) is 9.47. The van der Waals surface area contributed by atoms with Gasteiger partial charge in [0, 0.05) is 24.4 Å². The van der Waals surface area contributed by atoms with Crippen LogP contribution in [0.5, 0.6) is 0 Å². The van der Waals surface area contributed by atoms with Gasteiger partial charge in [0.05, 0.1) is 0 Å². The number of hydrogen-bond acceptors (Lipinski definition) is 5. The maximum atomic E-state index is 4.85. The summed E-state index contributed by atoms with van der Waals surface area (Å²) in [6.07, 6.45) is 4.57. The summed E-state index contributed by atoms with van der Waals surface area (Å²) >= 11 is 0. The molecule has 2 aromatic carbocycles. The molecular formula is C24H27N7. The lowest BCUT2D eigenvalue weighted by atomic mass is 9.98. The molecule has 0 fully saturated rings. The van der Waals surface area contributed by atoms with Crippen LogP contribution in [0.3, 0.4) is 0 Å². The minimum Gasteiger partial charge on any atom is -0.249 e. The van der Waals surface area contributed by atoms with Crippen molar-refractivity contribution in [3.63, 3.8) is 0 Å². The van der Waals surface area contributed by atoms with Gasteiger partial charge in [0.15, 0.2) is 5.82 Å². The zero-order chi connectivity index (χ0) is 21.6. The number of benzene rings is 2. The Kier molecular flexibility index (Phi) is 6.31. The van der Waals surface area contributed by atoms with E-state index in [9.17, 15) is 0 Å². The van der Waals surface area contributed by atoms with Crippen molar-refractivity contribution in [1.29, 1.82) is 0 Å². The van der Waals surface area contributed by atoms with E-state index >= 15 is 0 Å². The third kappa shape index (κ3) is 4.60. The second-order valence-corrected chi connectivity index (χ2v) is 7.65. The molecule has 31 heavy (non-hydrogen) atoms. The molecule has 0 radical (unpaired) electrons. The first-order valence-electron chi connectivity index (χ1n) is 10.7. The molecule has 0 spiro atoms. The third-order valence-electron chi connectivity index (χ3n) is 5.50. The van der Waals surface area contributed by atoms with Crippen molar-refractivity contribution in [3.8, 4) is 22.5 Å². The highest BCUT2D eigenvalue weighted by Gasteiger charge is 2.15. The zero-order valence-corrected chi connectivity index (χ0v) is 18.0. The first kappa shape index (κ1) is 20.7. The highest BCUT2D eigenvalue weighted by atomic mass is 15.5. The van der Waals surface area contributed by atoms with E-state index < -0.39 is 0 Å². The van der Waals surface area contributed by atoms with Crippen LogP contribution in [-0.4, -0.2) is 35.4 Å². The van der Waals surface area contributed by atoms with E-state index in [1.807, 2.05) is 29.0 Å². The predicted octanol–water partition coefficient (Wildman–Crippen LogP) is 4.81. The number of aryl methyl sites for hydroxylation is 1. The normalized spacial score (nSPS) is 12.1. The second-order valence-electron chi connectivity index (χ2n) is 7.65. The summed E-state index contributed by atoms with van der Waals surface area (Å²) in [6, 6.07) is 16.6. The Bertz CT molecular complexity index is 1130. The Morgan fingerprint density at radius 3 is 2.55 bits per heavy atom. The van der Waals surface area contributed by atoms with Crippen LogP contribution in [0.1, 0.15) is 49.8 Å². The van der Waals surface area contributed by atoms with E-state index in [1.54, 1.807) is 0 Å². The fraction of sp³-hybridized carbons (Fsp3) is 0.292. The Morgan fingerprint density at radius 2 is 1.87 bits per heavy atom. The maximum absolute atomic E-state index is 4.85. The number of aromatic amines is 1. The van der Waals surface area contributed by atoms with E-state index in [-0.39, 0.29) is 0 Å². The van der Waals surface area contributed by atoms with Crippen LogP contribution in [0.4, 0.5) is 0 Å². The molecule has 0 bridgehead atoms. The summed E-state index contributed by atoms with van der Waals surface area (Å²) in [7, 11) is 0. The molecule has 4 aromatic rings. The van der Waals surface area contributed by atoms with Crippen molar-refractivity contribution < 1.29 is 0 Å². The van der Waals surface area contributed by atoms with Crippen molar-refractivity contribution in [2.75, 3.05) is 0 Å². The summed E-state index contributed by atoms with van der Waals surface area (Å²) in [5.41, 5.74) is 4.33. The first-order valence-corrected chi connectivity index (χ1v) is 10.7. The van der Waals surface area contributed by atoms with E-state index in [0.717, 1.165) is 54.1 Å². The number of nitrogens with zero attached hydrogens (tertiary/aromatic N) is 6. The van der Waals surface area contributed by atoms with Crippen molar-refractivity contribution in [3.05, 3.63) is 78.4 Å². The Labute approximate surface area is 182 Å². The van der Waals surface area contributed by atoms with Gasteiger partial charge in [-0.05, 0) is 34.7 Å². The number of H-pyrrole nitrogens is 1. The third-order valence-corrected chi connectivity index (χ3v) is 5.50. The molecule has 0 saturated heterocycles. The number of hydrogen-bond donors (Lipinski definition) is 1. The Hall–Kier alpha value is -3.61. The van der Waals surface area contributed by atoms with Gasteiger partial charge in [0.1, 0.15) is 5.82 Å². The molecule has 0 saturated carbocycles. The Balaban J connectivity index is 1.59. The van der Waals surface area contributed by atoms with Crippen LogP contribution in [0.25, 0.3) is 22.5 Å². The zero-order valence-electron chi connectivity index (χ0n) is 18.0. The molecule has 1 unspecified atom stereocenters. The number of allylic oxidation sites excluding steroid dienone is 1. The van der Waals surface area contributed by atoms with Crippen LogP contribution in [-0.2, 0) is 13.0 Å². The molecular weight excluding hydrogens is 386 g/mol. The fourth-order valence-electron chi connectivity index (χ4n) is 3.50. The summed E-state index contributed by atoms with van der Waals surface area (Å²) in [4.78, 5) is 4.85. The quantitative estimate of drug-likeness (QED) is 0.398. The van der Waals surface area contributed by atoms with Crippen molar-refractivity contribution in [2.45, 2.75) is 45.6 Å². The highest BCUT2D eigenvalue weighted by Crippen LogP contribution is 2.30. The number of tetrazole rings is 1. The Morgan fingerprint density at radius 1 is 1.10 bits per heavy atom. The molecule has 0 aliphatic rings. The lowest BCUT2D eigenvalue weighted by Crippen LogP contribution is -2.06. The molecule has 1 N–H and O–H groups in total.